The number of hydrogen-bond donors (Lipinski definition) is 1. The fourth-order valence-corrected chi connectivity index (χ4v) is 8.02. The van der Waals surface area contributed by atoms with Gasteiger partial charge in [0.1, 0.15) is 0 Å². The van der Waals surface area contributed by atoms with E-state index in [2.05, 4.69) is 66.5 Å². The maximum atomic E-state index is 13.9. The third-order valence-corrected chi connectivity index (χ3v) is 10.2. The number of amides is 2. The lowest BCUT2D eigenvalue weighted by atomic mass is 9.87. The summed E-state index contributed by atoms with van der Waals surface area (Å²) in [7, 11) is 0. The average Bonchev–Trinajstić information content (AvgIpc) is 2.97. The summed E-state index contributed by atoms with van der Waals surface area (Å²) >= 11 is 1.76. The van der Waals surface area contributed by atoms with Crippen LogP contribution in [0.1, 0.15) is 88.3 Å². The van der Waals surface area contributed by atoms with E-state index in [0.29, 0.717) is 23.4 Å². The van der Waals surface area contributed by atoms with Gasteiger partial charge in [-0.2, -0.15) is 0 Å². The number of carbonyl (C=O) groups excluding carboxylic acids is 2. The molecule has 2 amide bonds. The van der Waals surface area contributed by atoms with Crippen LogP contribution in [0, 0.1) is 13.8 Å². The summed E-state index contributed by atoms with van der Waals surface area (Å²) in [5.74, 6) is 0.0839. The van der Waals surface area contributed by atoms with E-state index in [1.54, 1.807) is 11.8 Å². The highest BCUT2D eigenvalue weighted by Crippen LogP contribution is 2.43. The molecule has 2 fully saturated rings. The normalized spacial score (nSPS) is 23.4. The summed E-state index contributed by atoms with van der Waals surface area (Å²) in [5.41, 5.74) is 7.88. The van der Waals surface area contributed by atoms with Crippen molar-refractivity contribution in [2.75, 3.05) is 0 Å². The number of hydrogen-bond acceptors (Lipinski definition) is 3. The van der Waals surface area contributed by atoms with Gasteiger partial charge in [0.15, 0.2) is 0 Å². The minimum Gasteiger partial charge on any atom is -0.345 e. The van der Waals surface area contributed by atoms with Crippen LogP contribution in [-0.2, 0) is 17.8 Å². The molecule has 4 nitrogen and oxygen atoms in total. The quantitative estimate of drug-likeness (QED) is 0.334. The average molecular weight is 551 g/mol. The SMILES string of the molecule is Cc1ccc(C)c(CN2C(=O)/C(=C/c3ccc(C(=O)NC4CCCc5ccccc54)cc3)SC3CCCCC32)c1. The largest absolute Gasteiger partial charge is 0.345 e. The molecule has 3 aliphatic rings. The van der Waals surface area contributed by atoms with Crippen molar-refractivity contribution in [1.82, 2.24) is 10.2 Å². The fourth-order valence-electron chi connectivity index (χ4n) is 6.54. The van der Waals surface area contributed by atoms with Crippen LogP contribution < -0.4 is 5.32 Å². The van der Waals surface area contributed by atoms with Crippen LogP contribution in [-0.4, -0.2) is 28.0 Å². The molecule has 1 N–H and O–H groups in total. The van der Waals surface area contributed by atoms with Crippen molar-refractivity contribution in [2.45, 2.75) is 82.7 Å². The zero-order valence-electron chi connectivity index (χ0n) is 23.5. The van der Waals surface area contributed by atoms with E-state index in [1.807, 2.05) is 30.3 Å². The molecule has 0 spiro atoms. The van der Waals surface area contributed by atoms with Crippen molar-refractivity contribution in [1.29, 1.82) is 0 Å². The van der Waals surface area contributed by atoms with Gasteiger partial charge in [0.05, 0.1) is 10.9 Å². The van der Waals surface area contributed by atoms with Gasteiger partial charge in [0.25, 0.3) is 11.8 Å². The molecule has 1 saturated heterocycles. The zero-order chi connectivity index (χ0) is 27.6. The van der Waals surface area contributed by atoms with Crippen LogP contribution in [0.4, 0.5) is 0 Å². The number of benzene rings is 3. The summed E-state index contributed by atoms with van der Waals surface area (Å²) < 4.78 is 0. The summed E-state index contributed by atoms with van der Waals surface area (Å²) in [6, 6.07) is 23.0. The Morgan fingerprint density at radius 1 is 0.975 bits per heavy atom. The van der Waals surface area contributed by atoms with Gasteiger partial charge in [-0.3, -0.25) is 9.59 Å². The minimum atomic E-state index is -0.0474. The maximum Gasteiger partial charge on any atom is 0.260 e. The molecule has 3 atom stereocenters. The molecular weight excluding hydrogens is 512 g/mol. The summed E-state index contributed by atoms with van der Waals surface area (Å²) in [5, 5.41) is 3.68. The molecule has 3 unspecified atom stereocenters. The first-order chi connectivity index (χ1) is 19.5. The highest BCUT2D eigenvalue weighted by molar-refractivity contribution is 8.04. The minimum absolute atomic E-state index is 0.0474. The van der Waals surface area contributed by atoms with Crippen LogP contribution in [0.2, 0.25) is 0 Å². The predicted octanol–water partition coefficient (Wildman–Crippen LogP) is 7.54. The van der Waals surface area contributed by atoms with Crippen molar-refractivity contribution in [2.24, 2.45) is 0 Å². The summed E-state index contributed by atoms with van der Waals surface area (Å²) in [6.07, 6.45) is 9.79. The fraction of sp³-hybridized carbons (Fsp3) is 0.371. The Morgan fingerprint density at radius 2 is 1.77 bits per heavy atom. The van der Waals surface area contributed by atoms with E-state index in [-0.39, 0.29) is 17.9 Å². The third-order valence-electron chi connectivity index (χ3n) is 8.81. The van der Waals surface area contributed by atoms with Crippen molar-refractivity contribution in [3.63, 3.8) is 0 Å². The van der Waals surface area contributed by atoms with Crippen LogP contribution in [0.3, 0.4) is 0 Å². The molecule has 1 aliphatic heterocycles. The Morgan fingerprint density at radius 3 is 2.62 bits per heavy atom. The number of rotatable bonds is 5. The summed E-state index contributed by atoms with van der Waals surface area (Å²) in [4.78, 5) is 29.9. The molecule has 0 radical (unpaired) electrons. The van der Waals surface area contributed by atoms with Gasteiger partial charge in [0, 0.05) is 23.4 Å². The molecule has 6 rings (SSSR count). The Kier molecular flexibility index (Phi) is 7.84. The molecular formula is C35H38N2O2S. The first-order valence-corrected chi connectivity index (χ1v) is 15.6. The van der Waals surface area contributed by atoms with Crippen LogP contribution in [0.5, 0.6) is 0 Å². The van der Waals surface area contributed by atoms with E-state index in [4.69, 9.17) is 0 Å². The molecule has 3 aromatic carbocycles. The molecule has 1 heterocycles. The highest BCUT2D eigenvalue weighted by Gasteiger charge is 2.40. The molecule has 3 aromatic rings. The third kappa shape index (κ3) is 5.62. The van der Waals surface area contributed by atoms with E-state index < -0.39 is 0 Å². The molecule has 206 valence electrons. The Bertz CT molecular complexity index is 1440. The standard InChI is InChI=1S/C35H38N2O2S/c1-23-14-15-24(2)28(20-23)22-37-31-12-5-6-13-32(31)40-33(35(37)39)21-25-16-18-27(19-17-25)34(38)36-30-11-7-9-26-8-3-4-10-29(26)30/h3-4,8,10,14-21,30-32H,5-7,9,11-13,22H2,1-2H3,(H,36,38)/b33-21-. The first-order valence-electron chi connectivity index (χ1n) is 14.7. The molecule has 0 bridgehead atoms. The lowest BCUT2D eigenvalue weighted by molar-refractivity contribution is -0.130. The lowest BCUT2D eigenvalue weighted by Gasteiger charge is -2.44. The van der Waals surface area contributed by atoms with Crippen molar-refractivity contribution in [3.05, 3.63) is 111 Å². The number of fused-ring (bicyclic) bond motifs is 2. The number of nitrogens with zero attached hydrogens (tertiary/aromatic N) is 1. The van der Waals surface area contributed by atoms with Gasteiger partial charge in [-0.05, 0) is 92.0 Å². The molecule has 5 heteroatoms. The Balaban J connectivity index is 1.19. The highest BCUT2D eigenvalue weighted by atomic mass is 32.2. The van der Waals surface area contributed by atoms with Crippen molar-refractivity contribution >= 4 is 29.7 Å². The van der Waals surface area contributed by atoms with Gasteiger partial charge in [-0.1, -0.05) is 73.0 Å². The van der Waals surface area contributed by atoms with E-state index in [1.165, 1.54) is 40.7 Å². The van der Waals surface area contributed by atoms with Gasteiger partial charge in [0.2, 0.25) is 0 Å². The first kappa shape index (κ1) is 26.9. The van der Waals surface area contributed by atoms with Crippen molar-refractivity contribution < 1.29 is 9.59 Å². The maximum absolute atomic E-state index is 13.9. The monoisotopic (exact) mass is 550 g/mol. The molecule has 40 heavy (non-hydrogen) atoms. The van der Waals surface area contributed by atoms with Gasteiger partial charge >= 0.3 is 0 Å². The van der Waals surface area contributed by atoms with E-state index >= 15 is 0 Å². The van der Waals surface area contributed by atoms with Crippen molar-refractivity contribution in [3.8, 4) is 0 Å². The number of thioether (sulfide) groups is 1. The van der Waals surface area contributed by atoms with E-state index in [9.17, 15) is 9.59 Å². The summed E-state index contributed by atoms with van der Waals surface area (Å²) in [6.45, 7) is 4.91. The van der Waals surface area contributed by atoms with Crippen LogP contribution in [0.25, 0.3) is 6.08 Å². The van der Waals surface area contributed by atoms with E-state index in [0.717, 1.165) is 42.6 Å². The smallest absolute Gasteiger partial charge is 0.260 e. The number of nitrogens with one attached hydrogen (secondary N) is 1. The number of carbonyl (C=O) groups is 2. The molecule has 0 aromatic heterocycles. The van der Waals surface area contributed by atoms with Crippen LogP contribution in [0.15, 0.2) is 71.6 Å². The second-order valence-electron chi connectivity index (χ2n) is 11.6. The molecule has 2 aliphatic carbocycles. The van der Waals surface area contributed by atoms with Crippen LogP contribution >= 0.6 is 11.8 Å². The predicted molar refractivity (Wildman–Crippen MR) is 164 cm³/mol. The zero-order valence-corrected chi connectivity index (χ0v) is 24.3. The Hall–Kier alpha value is -3.31. The second kappa shape index (κ2) is 11.7. The number of aryl methyl sites for hydroxylation is 3. The second-order valence-corrected chi connectivity index (χ2v) is 12.9. The van der Waals surface area contributed by atoms with Gasteiger partial charge < -0.3 is 10.2 Å². The Labute approximate surface area is 242 Å². The lowest BCUT2D eigenvalue weighted by Crippen LogP contribution is -2.50. The molecule has 1 saturated carbocycles. The van der Waals surface area contributed by atoms with Gasteiger partial charge in [-0.15, -0.1) is 11.8 Å². The van der Waals surface area contributed by atoms with Gasteiger partial charge in [-0.25, -0.2) is 0 Å². The topological polar surface area (TPSA) is 49.4 Å².